The van der Waals surface area contributed by atoms with Gasteiger partial charge in [-0.3, -0.25) is 0 Å². The fraction of sp³-hybridized carbons (Fsp3) is 0. The number of hydrazone groups is 1. The van der Waals surface area contributed by atoms with Crippen LogP contribution in [-0.2, 0) is 4.74 Å². The molecule has 1 heterocycles. The van der Waals surface area contributed by atoms with Crippen molar-refractivity contribution < 1.29 is 4.74 Å². The Kier molecular flexibility index (Phi) is 0.538. The van der Waals surface area contributed by atoms with Crippen molar-refractivity contribution in [2.75, 3.05) is 0 Å². The lowest BCUT2D eigenvalue weighted by molar-refractivity contribution is 0.433. The minimum Gasteiger partial charge on any atom is -0.427 e. The third-order valence-electron chi connectivity index (χ3n) is 0.437. The molecule has 32 valence electrons. The molecular weight excluding hydrogens is 80.0 g/mol. The average molecular weight is 84.1 g/mol. The van der Waals surface area contributed by atoms with Gasteiger partial charge in [-0.15, -0.1) is 5.10 Å². The number of hydrogen-bond acceptors (Lipinski definition) is 3. The van der Waals surface area contributed by atoms with Gasteiger partial charge < -0.3 is 4.74 Å². The zero-order chi connectivity index (χ0) is 4.41. The zero-order valence-corrected chi connectivity index (χ0v) is 3.14. The van der Waals surface area contributed by atoms with Crippen LogP contribution in [0.1, 0.15) is 0 Å². The first kappa shape index (κ1) is 3.21. The number of rotatable bonds is 0. The molecule has 0 aromatic rings. The van der Waals surface area contributed by atoms with Gasteiger partial charge in [0.2, 0.25) is 12.3 Å². The predicted octanol–water partition coefficient (Wildman–Crippen LogP) is 0.0207. The second-order valence-corrected chi connectivity index (χ2v) is 0.887. The number of ether oxygens (including phenoxy) is 1. The summed E-state index contributed by atoms with van der Waals surface area (Å²) in [6, 6.07) is 0. The van der Waals surface area contributed by atoms with E-state index in [1.54, 1.807) is 0 Å². The fourth-order valence-electron chi connectivity index (χ4n) is 0.215. The van der Waals surface area contributed by atoms with E-state index in [1.807, 2.05) is 0 Å². The van der Waals surface area contributed by atoms with Gasteiger partial charge in [0, 0.05) is 0 Å². The maximum absolute atomic E-state index is 4.56. The normalized spacial score (nSPS) is 17.0. The van der Waals surface area contributed by atoms with Crippen LogP contribution in [0.5, 0.6) is 0 Å². The molecule has 0 amide bonds. The van der Waals surface area contributed by atoms with Gasteiger partial charge in [0.15, 0.2) is 0 Å². The lowest BCUT2D eigenvalue weighted by Crippen LogP contribution is -1.94. The molecule has 0 fully saturated rings. The Morgan fingerprint density at radius 2 is 2.83 bits per heavy atom. The second-order valence-electron chi connectivity index (χ2n) is 0.887. The van der Waals surface area contributed by atoms with Crippen LogP contribution in [0, 0.1) is 0 Å². The molecule has 1 aliphatic rings. The average Bonchev–Trinajstić information content (AvgIpc) is 1.86. The van der Waals surface area contributed by atoms with Crippen LogP contribution in [0.4, 0.5) is 0 Å². The van der Waals surface area contributed by atoms with E-state index in [4.69, 9.17) is 0 Å². The Bertz CT molecular complexity index is 87.0. The quantitative estimate of drug-likeness (QED) is 0.449. The minimum absolute atomic E-state index is 0.481. The Hall–Kier alpha value is -0.990. The number of nitrogens with zero attached hydrogens (tertiary/aromatic N) is 1. The van der Waals surface area contributed by atoms with Gasteiger partial charge in [-0.25, -0.2) is 5.43 Å². The summed E-state index contributed by atoms with van der Waals surface area (Å²) in [5.41, 5.74) is 2.47. The van der Waals surface area contributed by atoms with E-state index >= 15 is 0 Å². The van der Waals surface area contributed by atoms with E-state index in [0.717, 1.165) is 0 Å². The van der Waals surface area contributed by atoms with Gasteiger partial charge in [0.05, 0.1) is 0 Å². The van der Waals surface area contributed by atoms with Crippen molar-refractivity contribution >= 4 is 6.40 Å². The van der Waals surface area contributed by atoms with Gasteiger partial charge in [-0.2, -0.15) is 0 Å². The van der Waals surface area contributed by atoms with Crippen LogP contribution in [-0.4, -0.2) is 6.40 Å². The van der Waals surface area contributed by atoms with Crippen molar-refractivity contribution in [1.82, 2.24) is 5.43 Å². The van der Waals surface area contributed by atoms with Gasteiger partial charge >= 0.3 is 0 Å². The van der Waals surface area contributed by atoms with E-state index in [1.165, 1.54) is 6.40 Å². The maximum atomic E-state index is 4.56. The Labute approximate surface area is 35.3 Å². The first-order valence-corrected chi connectivity index (χ1v) is 1.53. The molecule has 0 aromatic carbocycles. The van der Waals surface area contributed by atoms with E-state index in [2.05, 4.69) is 21.8 Å². The number of nitrogens with one attached hydrogen (secondary N) is 1. The molecule has 0 unspecified atom stereocenters. The molecule has 0 aromatic heterocycles. The zero-order valence-electron chi connectivity index (χ0n) is 3.14. The molecular formula is C3H4N2O. The van der Waals surface area contributed by atoms with Crippen molar-refractivity contribution in [2.45, 2.75) is 0 Å². The molecule has 0 saturated heterocycles. The molecule has 6 heavy (non-hydrogen) atoms. The standard InChI is InChI=1S/C3H4N2O/c1-3-5-4-2-6-3/h2,5H,1H2. The summed E-state index contributed by atoms with van der Waals surface area (Å²) in [6.45, 7) is 3.40. The van der Waals surface area contributed by atoms with Crippen LogP contribution in [0.15, 0.2) is 17.6 Å². The van der Waals surface area contributed by atoms with E-state index < -0.39 is 0 Å². The van der Waals surface area contributed by atoms with Crippen molar-refractivity contribution in [3.05, 3.63) is 12.5 Å². The summed E-state index contributed by atoms with van der Waals surface area (Å²) in [5, 5.41) is 3.47. The summed E-state index contributed by atoms with van der Waals surface area (Å²) >= 11 is 0. The van der Waals surface area contributed by atoms with Crippen molar-refractivity contribution in [3.8, 4) is 0 Å². The lowest BCUT2D eigenvalue weighted by Gasteiger charge is -1.85. The van der Waals surface area contributed by atoms with Gasteiger partial charge in [-0.05, 0) is 6.58 Å². The van der Waals surface area contributed by atoms with Crippen LogP contribution < -0.4 is 5.43 Å². The molecule has 0 aliphatic carbocycles. The largest absolute Gasteiger partial charge is 0.427 e. The monoisotopic (exact) mass is 84.0 g/mol. The van der Waals surface area contributed by atoms with Crippen molar-refractivity contribution in [2.24, 2.45) is 5.10 Å². The Morgan fingerprint density at radius 1 is 2.00 bits per heavy atom. The Balaban J connectivity index is 2.52. The van der Waals surface area contributed by atoms with Gasteiger partial charge in [0.1, 0.15) is 0 Å². The summed E-state index contributed by atoms with van der Waals surface area (Å²) < 4.78 is 4.56. The summed E-state index contributed by atoms with van der Waals surface area (Å²) in [4.78, 5) is 0. The van der Waals surface area contributed by atoms with Crippen LogP contribution in [0.2, 0.25) is 0 Å². The predicted molar refractivity (Wildman–Crippen MR) is 21.9 cm³/mol. The molecule has 0 bridgehead atoms. The summed E-state index contributed by atoms with van der Waals surface area (Å²) in [7, 11) is 0. The summed E-state index contributed by atoms with van der Waals surface area (Å²) in [5.74, 6) is 0.481. The number of hydrogen-bond donors (Lipinski definition) is 1. The van der Waals surface area contributed by atoms with Crippen molar-refractivity contribution in [1.29, 1.82) is 0 Å². The van der Waals surface area contributed by atoms with E-state index in [-0.39, 0.29) is 0 Å². The van der Waals surface area contributed by atoms with E-state index in [9.17, 15) is 0 Å². The van der Waals surface area contributed by atoms with Crippen LogP contribution in [0.3, 0.4) is 0 Å². The van der Waals surface area contributed by atoms with Gasteiger partial charge in [-0.1, -0.05) is 0 Å². The molecule has 3 nitrogen and oxygen atoms in total. The van der Waals surface area contributed by atoms with Crippen LogP contribution >= 0.6 is 0 Å². The molecule has 3 heteroatoms. The molecule has 0 spiro atoms. The van der Waals surface area contributed by atoms with E-state index in [0.29, 0.717) is 5.88 Å². The second kappa shape index (κ2) is 1.01. The first-order chi connectivity index (χ1) is 2.89. The summed E-state index contributed by atoms with van der Waals surface area (Å²) in [6.07, 6.45) is 1.29. The highest BCUT2D eigenvalue weighted by Crippen LogP contribution is 1.88. The third kappa shape index (κ3) is 0.337. The van der Waals surface area contributed by atoms with Crippen LogP contribution in [0.25, 0.3) is 0 Å². The highest BCUT2D eigenvalue weighted by molar-refractivity contribution is 5.49. The van der Waals surface area contributed by atoms with Crippen molar-refractivity contribution in [3.63, 3.8) is 0 Å². The topological polar surface area (TPSA) is 33.6 Å². The highest BCUT2D eigenvalue weighted by atomic mass is 16.5. The third-order valence-corrected chi connectivity index (χ3v) is 0.437. The highest BCUT2D eigenvalue weighted by Gasteiger charge is 1.91. The molecule has 1 aliphatic heterocycles. The SMILES string of the molecule is C=C1NN=CO1. The van der Waals surface area contributed by atoms with Gasteiger partial charge in [0.25, 0.3) is 0 Å². The smallest absolute Gasteiger partial charge is 0.207 e. The fourth-order valence-corrected chi connectivity index (χ4v) is 0.215. The lowest BCUT2D eigenvalue weighted by atomic mass is 11.0. The molecule has 0 radical (unpaired) electrons. The first-order valence-electron chi connectivity index (χ1n) is 1.53. The molecule has 0 atom stereocenters. The molecule has 1 N–H and O–H groups in total. The Morgan fingerprint density at radius 3 is 3.00 bits per heavy atom. The molecule has 1 rings (SSSR count). The molecule has 0 saturated carbocycles. The minimum atomic E-state index is 0.481. The maximum Gasteiger partial charge on any atom is 0.207 e.